The third-order valence-corrected chi connectivity index (χ3v) is 7.29. The van der Waals surface area contributed by atoms with Crippen LogP contribution in [0, 0.1) is 17.0 Å². The summed E-state index contributed by atoms with van der Waals surface area (Å²) < 4.78 is 40.3. The van der Waals surface area contributed by atoms with E-state index in [2.05, 4.69) is 4.98 Å². The van der Waals surface area contributed by atoms with Crippen molar-refractivity contribution in [2.24, 2.45) is 0 Å². The van der Waals surface area contributed by atoms with Crippen LogP contribution < -0.4 is 4.74 Å². The van der Waals surface area contributed by atoms with Crippen molar-refractivity contribution in [2.45, 2.75) is 31.9 Å². The van der Waals surface area contributed by atoms with Gasteiger partial charge in [0.05, 0.1) is 34.1 Å². The Bertz CT molecular complexity index is 1260. The first-order valence-corrected chi connectivity index (χ1v) is 11.7. The van der Waals surface area contributed by atoms with E-state index in [9.17, 15) is 18.5 Å². The molecule has 0 amide bonds. The maximum absolute atomic E-state index is 13.0. The predicted octanol–water partition coefficient (Wildman–Crippen LogP) is 2.87. The molecule has 0 radical (unpaired) electrons. The average molecular weight is 461 g/mol. The van der Waals surface area contributed by atoms with E-state index < -0.39 is 14.9 Å². The van der Waals surface area contributed by atoms with Crippen molar-refractivity contribution in [3.8, 4) is 5.75 Å². The van der Waals surface area contributed by atoms with Gasteiger partial charge >= 0.3 is 5.69 Å². The van der Waals surface area contributed by atoms with Crippen LogP contribution in [0.15, 0.2) is 41.3 Å². The number of morpholine rings is 1. The van der Waals surface area contributed by atoms with Gasteiger partial charge in [-0.15, -0.1) is 0 Å². The van der Waals surface area contributed by atoms with Crippen LogP contribution in [0.1, 0.15) is 18.3 Å². The van der Waals surface area contributed by atoms with Gasteiger partial charge in [-0.2, -0.15) is 4.31 Å². The average Bonchev–Trinajstić information content (AvgIpc) is 3.15. The molecule has 32 heavy (non-hydrogen) atoms. The number of sulfonamides is 1. The Morgan fingerprint density at radius 2 is 1.94 bits per heavy atom. The molecular formula is C21H24N4O6S. The highest BCUT2D eigenvalue weighted by atomic mass is 32.2. The molecule has 1 saturated heterocycles. The minimum atomic E-state index is -3.64. The van der Waals surface area contributed by atoms with E-state index in [0.717, 1.165) is 11.1 Å². The summed E-state index contributed by atoms with van der Waals surface area (Å²) in [6.45, 7) is 5.69. The fraction of sp³-hybridized carbons (Fsp3) is 0.381. The number of nitro groups is 1. The number of hydrogen-bond acceptors (Lipinski definition) is 7. The van der Waals surface area contributed by atoms with Crippen LogP contribution in [0.3, 0.4) is 0 Å². The molecule has 1 aliphatic heterocycles. The van der Waals surface area contributed by atoms with E-state index >= 15 is 0 Å². The summed E-state index contributed by atoms with van der Waals surface area (Å²) in [7, 11) is -3.64. The zero-order valence-electron chi connectivity index (χ0n) is 17.9. The number of hydrogen-bond donors (Lipinski definition) is 0. The van der Waals surface area contributed by atoms with Crippen molar-refractivity contribution in [1.29, 1.82) is 0 Å². The zero-order chi connectivity index (χ0) is 22.9. The lowest BCUT2D eigenvalue weighted by Gasteiger charge is -2.26. The normalized spacial score (nSPS) is 15.2. The first-order chi connectivity index (χ1) is 15.3. The number of aromatic nitrogens is 2. The molecule has 0 aliphatic carbocycles. The van der Waals surface area contributed by atoms with Crippen LogP contribution in [-0.4, -0.2) is 53.5 Å². The fourth-order valence-corrected chi connectivity index (χ4v) is 5.18. The van der Waals surface area contributed by atoms with Gasteiger partial charge < -0.3 is 14.0 Å². The number of nitrogens with zero attached hydrogens (tertiary/aromatic N) is 4. The van der Waals surface area contributed by atoms with E-state index in [1.165, 1.54) is 10.4 Å². The molecule has 0 spiro atoms. The van der Waals surface area contributed by atoms with E-state index in [-0.39, 0.29) is 22.9 Å². The lowest BCUT2D eigenvalue weighted by atomic mass is 10.2. The van der Waals surface area contributed by atoms with E-state index in [0.29, 0.717) is 44.2 Å². The Labute approximate surface area is 185 Å². The minimum Gasteiger partial charge on any atom is -0.479 e. The second-order valence-corrected chi connectivity index (χ2v) is 9.39. The van der Waals surface area contributed by atoms with Gasteiger partial charge in [-0.05, 0) is 43.7 Å². The summed E-state index contributed by atoms with van der Waals surface area (Å²) in [5, 5.41) is 11.3. The molecule has 0 unspecified atom stereocenters. The van der Waals surface area contributed by atoms with Crippen molar-refractivity contribution in [2.75, 3.05) is 26.3 Å². The molecule has 2 heterocycles. The van der Waals surface area contributed by atoms with Crippen LogP contribution >= 0.6 is 0 Å². The maximum Gasteiger partial charge on any atom is 0.311 e. The number of fused-ring (bicyclic) bond motifs is 1. The molecule has 4 rings (SSSR count). The number of aryl methyl sites for hydroxylation is 2. The molecule has 0 bridgehead atoms. The van der Waals surface area contributed by atoms with Gasteiger partial charge in [0, 0.05) is 25.7 Å². The highest BCUT2D eigenvalue weighted by Crippen LogP contribution is 2.29. The third kappa shape index (κ3) is 4.18. The maximum atomic E-state index is 13.0. The SMILES string of the molecule is CCn1c(COc2ccc(C)cc2[N+](=O)[O-])nc2cc(S(=O)(=O)N3CCOCC3)ccc21. The number of benzene rings is 2. The van der Waals surface area contributed by atoms with Crippen molar-refractivity contribution in [1.82, 2.24) is 13.9 Å². The van der Waals surface area contributed by atoms with Gasteiger partial charge in [0.15, 0.2) is 5.75 Å². The monoisotopic (exact) mass is 460 g/mol. The Morgan fingerprint density at radius 1 is 1.19 bits per heavy atom. The van der Waals surface area contributed by atoms with Crippen LogP contribution in [0.25, 0.3) is 11.0 Å². The van der Waals surface area contributed by atoms with Crippen LogP contribution in [0.5, 0.6) is 5.75 Å². The first kappa shape index (κ1) is 22.2. The molecule has 1 fully saturated rings. The Balaban J connectivity index is 1.64. The molecule has 3 aromatic rings. The van der Waals surface area contributed by atoms with Gasteiger partial charge in [0.1, 0.15) is 12.4 Å². The molecular weight excluding hydrogens is 436 g/mol. The lowest BCUT2D eigenvalue weighted by molar-refractivity contribution is -0.386. The molecule has 0 atom stereocenters. The summed E-state index contributed by atoms with van der Waals surface area (Å²) in [6.07, 6.45) is 0. The smallest absolute Gasteiger partial charge is 0.311 e. The van der Waals surface area contributed by atoms with Gasteiger partial charge in [-0.3, -0.25) is 10.1 Å². The summed E-state index contributed by atoms with van der Waals surface area (Å²) in [5.74, 6) is 0.712. The molecule has 10 nitrogen and oxygen atoms in total. The Kier molecular flexibility index (Phi) is 6.13. The standard InChI is InChI=1S/C21H24N4O6S/c1-3-24-18-6-5-16(32(28,29)23-8-10-30-11-9-23)13-17(18)22-21(24)14-31-20-7-4-15(2)12-19(20)25(26)27/h4-7,12-13H,3,8-11,14H2,1-2H3. The van der Waals surface area contributed by atoms with Crippen molar-refractivity contribution < 1.29 is 22.8 Å². The predicted molar refractivity (Wildman–Crippen MR) is 117 cm³/mol. The third-order valence-electron chi connectivity index (χ3n) is 5.39. The van der Waals surface area contributed by atoms with Gasteiger partial charge in [-0.25, -0.2) is 13.4 Å². The molecule has 1 aromatic heterocycles. The largest absolute Gasteiger partial charge is 0.479 e. The number of ether oxygens (including phenoxy) is 2. The molecule has 11 heteroatoms. The fourth-order valence-electron chi connectivity index (χ4n) is 3.75. The zero-order valence-corrected chi connectivity index (χ0v) is 18.7. The second kappa shape index (κ2) is 8.85. The Hall–Kier alpha value is -3.02. The van der Waals surface area contributed by atoms with Crippen LogP contribution in [0.4, 0.5) is 5.69 Å². The van der Waals surface area contributed by atoms with Crippen LogP contribution in [0.2, 0.25) is 0 Å². The minimum absolute atomic E-state index is 0.0119. The van der Waals surface area contributed by atoms with Crippen molar-refractivity contribution >= 4 is 26.7 Å². The highest BCUT2D eigenvalue weighted by Gasteiger charge is 2.27. The number of nitro benzene ring substituents is 1. The Morgan fingerprint density at radius 3 is 2.62 bits per heavy atom. The van der Waals surface area contributed by atoms with Gasteiger partial charge in [0.2, 0.25) is 10.0 Å². The summed E-state index contributed by atoms with van der Waals surface area (Å²) in [6, 6.07) is 9.64. The van der Waals surface area contributed by atoms with Gasteiger partial charge in [-0.1, -0.05) is 6.07 Å². The summed E-state index contributed by atoms with van der Waals surface area (Å²) >= 11 is 0. The molecule has 2 aromatic carbocycles. The quantitative estimate of drug-likeness (QED) is 0.393. The van der Waals surface area contributed by atoms with Crippen molar-refractivity contribution in [3.63, 3.8) is 0 Å². The number of rotatable bonds is 7. The summed E-state index contributed by atoms with van der Waals surface area (Å²) in [4.78, 5) is 15.6. The second-order valence-electron chi connectivity index (χ2n) is 7.46. The topological polar surface area (TPSA) is 117 Å². The molecule has 1 aliphatic rings. The summed E-state index contributed by atoms with van der Waals surface area (Å²) in [5.41, 5.74) is 1.95. The van der Waals surface area contributed by atoms with Gasteiger partial charge in [0.25, 0.3) is 0 Å². The lowest BCUT2D eigenvalue weighted by Crippen LogP contribution is -2.40. The molecule has 170 valence electrons. The van der Waals surface area contributed by atoms with E-state index in [1.54, 1.807) is 37.3 Å². The number of imidazole rings is 1. The molecule has 0 N–H and O–H groups in total. The van der Waals surface area contributed by atoms with E-state index in [4.69, 9.17) is 9.47 Å². The van der Waals surface area contributed by atoms with Crippen molar-refractivity contribution in [3.05, 3.63) is 57.9 Å². The highest BCUT2D eigenvalue weighted by molar-refractivity contribution is 7.89. The molecule has 0 saturated carbocycles. The first-order valence-electron chi connectivity index (χ1n) is 10.3. The van der Waals surface area contributed by atoms with E-state index in [1.807, 2.05) is 11.5 Å². The van der Waals surface area contributed by atoms with Crippen LogP contribution in [-0.2, 0) is 27.9 Å².